The highest BCUT2D eigenvalue weighted by Crippen LogP contribution is 2.42. The number of allylic oxidation sites excluding steroid dienone is 1. The van der Waals surface area contributed by atoms with E-state index in [0.29, 0.717) is 27.7 Å². The topological polar surface area (TPSA) is 80.2 Å². The molecular formula is C26H26ClN3O4S. The number of rotatable bonds is 8. The van der Waals surface area contributed by atoms with Crippen molar-refractivity contribution in [3.8, 4) is 5.75 Å². The summed E-state index contributed by atoms with van der Waals surface area (Å²) in [6.45, 7) is 5.73. The van der Waals surface area contributed by atoms with E-state index < -0.39 is 12.0 Å². The lowest BCUT2D eigenvalue weighted by atomic mass is 9.95. The fourth-order valence-corrected chi connectivity index (χ4v) is 4.90. The van der Waals surface area contributed by atoms with E-state index in [1.54, 1.807) is 26.0 Å². The molecule has 2 heterocycles. The quantitative estimate of drug-likeness (QED) is 0.459. The normalized spacial score (nSPS) is 16.6. The first-order chi connectivity index (χ1) is 16.9. The van der Waals surface area contributed by atoms with Gasteiger partial charge in [-0.2, -0.15) is 0 Å². The number of hydrogen-bond donors (Lipinski definition) is 1. The lowest BCUT2D eigenvalue weighted by Gasteiger charge is -2.33. The number of aliphatic imine (C=N–C) groups is 1. The first-order valence-electron chi connectivity index (χ1n) is 11.3. The number of thioether (sulfide) groups is 1. The number of aryl methyl sites for hydroxylation is 1. The number of halogens is 1. The molecule has 0 saturated carbocycles. The Morgan fingerprint density at radius 1 is 1.17 bits per heavy atom. The molecule has 7 nitrogen and oxygen atoms in total. The molecule has 2 aliphatic heterocycles. The van der Waals surface area contributed by atoms with E-state index >= 15 is 0 Å². The van der Waals surface area contributed by atoms with Crippen LogP contribution in [-0.4, -0.2) is 35.2 Å². The third kappa shape index (κ3) is 5.55. The number of esters is 1. The second-order valence-corrected chi connectivity index (χ2v) is 9.18. The summed E-state index contributed by atoms with van der Waals surface area (Å²) in [5, 5.41) is 5.84. The van der Waals surface area contributed by atoms with Crippen LogP contribution in [0.3, 0.4) is 0 Å². The molecular weight excluding hydrogens is 486 g/mol. The van der Waals surface area contributed by atoms with Crippen molar-refractivity contribution in [2.24, 2.45) is 4.99 Å². The van der Waals surface area contributed by atoms with Gasteiger partial charge in [-0.25, -0.2) is 9.79 Å². The molecule has 0 radical (unpaired) electrons. The zero-order valence-corrected chi connectivity index (χ0v) is 21.3. The zero-order chi connectivity index (χ0) is 24.9. The summed E-state index contributed by atoms with van der Waals surface area (Å²) in [5.74, 6) is -0.325. The van der Waals surface area contributed by atoms with Gasteiger partial charge in [-0.05, 0) is 61.1 Å². The van der Waals surface area contributed by atoms with Gasteiger partial charge in [-0.15, -0.1) is 0 Å². The van der Waals surface area contributed by atoms with Gasteiger partial charge in [-0.3, -0.25) is 4.79 Å². The van der Waals surface area contributed by atoms with E-state index in [2.05, 4.69) is 17.2 Å². The predicted octanol–water partition coefficient (Wildman–Crippen LogP) is 5.69. The van der Waals surface area contributed by atoms with E-state index in [9.17, 15) is 9.59 Å². The van der Waals surface area contributed by atoms with Crippen molar-refractivity contribution in [1.29, 1.82) is 0 Å². The molecule has 2 aliphatic rings. The summed E-state index contributed by atoms with van der Waals surface area (Å²) in [6.07, 6.45) is 2.82. The summed E-state index contributed by atoms with van der Waals surface area (Å²) in [7, 11) is 0. The SMILES string of the molecule is CCOC(=O)C1=C(C)N=C2SC=CN2[C@@H]1c1ccc(OCC(=O)Nc2ccc(CC)cc2)c(Cl)c1. The van der Waals surface area contributed by atoms with Crippen molar-refractivity contribution in [2.75, 3.05) is 18.5 Å². The van der Waals surface area contributed by atoms with E-state index in [1.807, 2.05) is 46.8 Å². The summed E-state index contributed by atoms with van der Waals surface area (Å²) >= 11 is 8.02. The van der Waals surface area contributed by atoms with Gasteiger partial charge >= 0.3 is 5.97 Å². The molecule has 35 heavy (non-hydrogen) atoms. The standard InChI is InChI=1S/C26H26ClN3O4S/c1-4-17-6-9-19(10-7-17)29-22(31)15-34-21-11-8-18(14-20(21)27)24-23(25(32)33-5-2)16(3)28-26-30(24)12-13-35-26/h6-14,24H,4-5,15H2,1-3H3,(H,29,31)/t24-/m1/s1. The van der Waals surface area contributed by atoms with E-state index in [0.717, 1.165) is 17.2 Å². The van der Waals surface area contributed by atoms with Crippen LogP contribution in [0, 0.1) is 0 Å². The molecule has 0 fully saturated rings. The van der Waals surface area contributed by atoms with Gasteiger partial charge < -0.3 is 19.7 Å². The predicted molar refractivity (Wildman–Crippen MR) is 139 cm³/mol. The monoisotopic (exact) mass is 511 g/mol. The highest BCUT2D eigenvalue weighted by Gasteiger charge is 2.37. The molecule has 2 aromatic rings. The number of amidine groups is 1. The Morgan fingerprint density at radius 3 is 2.63 bits per heavy atom. The number of carbonyl (C=O) groups excluding carboxylic acids is 2. The molecule has 1 atom stereocenters. The molecule has 0 unspecified atom stereocenters. The Labute approximate surface area is 213 Å². The maximum atomic E-state index is 12.8. The van der Waals surface area contributed by atoms with Crippen molar-refractivity contribution >= 4 is 46.1 Å². The number of nitrogens with zero attached hydrogens (tertiary/aromatic N) is 2. The highest BCUT2D eigenvalue weighted by atomic mass is 35.5. The van der Waals surface area contributed by atoms with Gasteiger partial charge in [0.1, 0.15) is 5.75 Å². The van der Waals surface area contributed by atoms with Crippen LogP contribution in [0.1, 0.15) is 37.9 Å². The van der Waals surface area contributed by atoms with Crippen LogP contribution < -0.4 is 10.1 Å². The van der Waals surface area contributed by atoms with E-state index in [-0.39, 0.29) is 19.1 Å². The number of benzene rings is 2. The van der Waals surface area contributed by atoms with Crippen LogP contribution in [0.15, 0.2) is 70.3 Å². The van der Waals surface area contributed by atoms with Gasteiger partial charge in [0.15, 0.2) is 11.8 Å². The summed E-state index contributed by atoms with van der Waals surface area (Å²) in [5.41, 5.74) is 3.75. The Morgan fingerprint density at radius 2 is 1.94 bits per heavy atom. The lowest BCUT2D eigenvalue weighted by Crippen LogP contribution is -2.34. The van der Waals surface area contributed by atoms with Crippen LogP contribution in [0.4, 0.5) is 5.69 Å². The Balaban J connectivity index is 1.49. The number of fused-ring (bicyclic) bond motifs is 1. The van der Waals surface area contributed by atoms with Crippen LogP contribution in [-0.2, 0) is 20.7 Å². The van der Waals surface area contributed by atoms with E-state index in [1.165, 1.54) is 17.3 Å². The summed E-state index contributed by atoms with van der Waals surface area (Å²) < 4.78 is 11.0. The Bertz CT molecular complexity index is 1220. The number of nitrogens with one attached hydrogen (secondary N) is 1. The molecule has 0 aliphatic carbocycles. The average Bonchev–Trinajstić information content (AvgIpc) is 3.31. The molecule has 4 rings (SSSR count). The minimum Gasteiger partial charge on any atom is -0.482 e. The molecule has 0 spiro atoms. The number of amides is 1. The Kier molecular flexibility index (Phi) is 7.83. The van der Waals surface area contributed by atoms with Crippen LogP contribution in [0.2, 0.25) is 5.02 Å². The van der Waals surface area contributed by atoms with Crippen molar-refractivity contribution in [3.63, 3.8) is 0 Å². The highest BCUT2D eigenvalue weighted by molar-refractivity contribution is 8.16. The van der Waals surface area contributed by atoms with Crippen LogP contribution >= 0.6 is 23.4 Å². The third-order valence-corrected chi connectivity index (χ3v) is 6.66. The maximum Gasteiger partial charge on any atom is 0.338 e. The molecule has 0 bridgehead atoms. The van der Waals surface area contributed by atoms with Gasteiger partial charge in [0.05, 0.1) is 28.9 Å². The molecule has 1 amide bonds. The summed E-state index contributed by atoms with van der Waals surface area (Å²) in [4.78, 5) is 31.6. The Hall–Kier alpha value is -3.23. The molecule has 0 aromatic heterocycles. The van der Waals surface area contributed by atoms with E-state index in [4.69, 9.17) is 21.1 Å². The number of ether oxygens (including phenoxy) is 2. The fraction of sp³-hybridized carbons (Fsp3) is 0.269. The van der Waals surface area contributed by atoms with Crippen molar-refractivity contribution < 1.29 is 19.1 Å². The van der Waals surface area contributed by atoms with Crippen molar-refractivity contribution in [1.82, 2.24) is 4.90 Å². The van der Waals surface area contributed by atoms with Crippen molar-refractivity contribution in [2.45, 2.75) is 33.2 Å². The number of hydrogen-bond acceptors (Lipinski definition) is 7. The minimum absolute atomic E-state index is 0.187. The van der Waals surface area contributed by atoms with Crippen molar-refractivity contribution in [3.05, 3.63) is 81.5 Å². The minimum atomic E-state index is -0.436. The molecule has 9 heteroatoms. The maximum absolute atomic E-state index is 12.8. The molecule has 2 aromatic carbocycles. The number of anilines is 1. The van der Waals surface area contributed by atoms with Gasteiger partial charge in [0.25, 0.3) is 5.91 Å². The summed E-state index contributed by atoms with van der Waals surface area (Å²) in [6, 6.07) is 12.5. The molecule has 182 valence electrons. The van der Waals surface area contributed by atoms with Gasteiger partial charge in [0.2, 0.25) is 0 Å². The molecule has 0 saturated heterocycles. The second kappa shape index (κ2) is 11.0. The zero-order valence-electron chi connectivity index (χ0n) is 19.7. The van der Waals surface area contributed by atoms with Gasteiger partial charge in [-0.1, -0.05) is 48.5 Å². The first-order valence-corrected chi connectivity index (χ1v) is 12.6. The van der Waals surface area contributed by atoms with Gasteiger partial charge in [0, 0.05) is 11.9 Å². The third-order valence-electron chi connectivity index (χ3n) is 5.59. The first kappa shape index (κ1) is 24.9. The van der Waals surface area contributed by atoms with Crippen LogP contribution in [0.5, 0.6) is 5.75 Å². The lowest BCUT2D eigenvalue weighted by molar-refractivity contribution is -0.139. The van der Waals surface area contributed by atoms with Crippen LogP contribution in [0.25, 0.3) is 0 Å². The fourth-order valence-electron chi connectivity index (χ4n) is 3.87. The second-order valence-electron chi connectivity index (χ2n) is 7.90. The number of carbonyl (C=O) groups is 2. The average molecular weight is 512 g/mol. The smallest absolute Gasteiger partial charge is 0.338 e. The molecule has 1 N–H and O–H groups in total. The largest absolute Gasteiger partial charge is 0.482 e.